The van der Waals surface area contributed by atoms with Crippen molar-refractivity contribution in [3.05, 3.63) is 59.4 Å². The second-order valence-electron chi connectivity index (χ2n) is 9.74. The maximum Gasteiger partial charge on any atom is 0.251 e. The molecule has 3 rings (SSSR count). The van der Waals surface area contributed by atoms with Crippen molar-refractivity contribution >= 4 is 17.5 Å². The topological polar surface area (TPSA) is 65.5 Å². The van der Waals surface area contributed by atoms with E-state index in [0.717, 1.165) is 56.0 Å². The summed E-state index contributed by atoms with van der Waals surface area (Å²) in [6.45, 7) is 10.2. The molecule has 0 saturated carbocycles. The first-order chi connectivity index (χ1) is 16.4. The molecule has 1 aromatic heterocycles. The Kier molecular flexibility index (Phi) is 10.1. The Bertz CT molecular complexity index is 929. The number of hydrogen-bond acceptors (Lipinski definition) is 4. The van der Waals surface area contributed by atoms with E-state index >= 15 is 0 Å². The van der Waals surface area contributed by atoms with Gasteiger partial charge >= 0.3 is 0 Å². The summed E-state index contributed by atoms with van der Waals surface area (Å²) in [6.07, 6.45) is 8.23. The average molecular weight is 465 g/mol. The van der Waals surface area contributed by atoms with Crippen LogP contribution in [-0.2, 0) is 17.8 Å². The standard InChI is InChI=1S/C28H40N4O2/c1-22(2)20-31-17-9-5-4-6-10-18-32(23(3)33)27-13-12-24(19-25(27)21-31)28(34)30-16-14-26-11-7-8-15-29-26/h7-8,11-13,15,19,22H,4-6,9-10,14,16-18,20-21H2,1-3H3,(H,30,34). The van der Waals surface area contributed by atoms with Crippen LogP contribution in [0.5, 0.6) is 0 Å². The van der Waals surface area contributed by atoms with Crippen LogP contribution in [0.4, 0.5) is 5.69 Å². The van der Waals surface area contributed by atoms with Crippen LogP contribution < -0.4 is 10.2 Å². The van der Waals surface area contributed by atoms with Gasteiger partial charge in [0.15, 0.2) is 0 Å². The number of nitrogens with one attached hydrogen (secondary N) is 1. The second kappa shape index (κ2) is 13.2. The minimum atomic E-state index is -0.0883. The third-order valence-corrected chi connectivity index (χ3v) is 6.28. The Morgan fingerprint density at radius 2 is 1.79 bits per heavy atom. The van der Waals surface area contributed by atoms with Gasteiger partial charge in [0, 0.05) is 62.7 Å². The van der Waals surface area contributed by atoms with Gasteiger partial charge in [0.2, 0.25) is 5.91 Å². The Morgan fingerprint density at radius 1 is 1.03 bits per heavy atom. The zero-order valence-corrected chi connectivity index (χ0v) is 21.1. The van der Waals surface area contributed by atoms with Crippen molar-refractivity contribution in [2.75, 3.05) is 31.1 Å². The number of fused-ring (bicyclic) bond motifs is 1. The fourth-order valence-electron chi connectivity index (χ4n) is 4.64. The Balaban J connectivity index is 1.82. The van der Waals surface area contributed by atoms with E-state index in [9.17, 15) is 9.59 Å². The molecule has 0 unspecified atom stereocenters. The summed E-state index contributed by atoms with van der Waals surface area (Å²) in [7, 11) is 0. The number of nitrogens with zero attached hydrogens (tertiary/aromatic N) is 3. The SMILES string of the molecule is CC(=O)N1CCCCCCCN(CC(C)C)Cc2cc(C(=O)NCCc3ccccn3)ccc21. The summed E-state index contributed by atoms with van der Waals surface area (Å²) in [5.41, 5.74) is 3.59. The zero-order valence-electron chi connectivity index (χ0n) is 21.1. The molecule has 1 aliphatic heterocycles. The molecule has 0 bridgehead atoms. The zero-order chi connectivity index (χ0) is 24.3. The molecule has 1 aliphatic rings. The van der Waals surface area contributed by atoms with Crippen molar-refractivity contribution < 1.29 is 9.59 Å². The van der Waals surface area contributed by atoms with Gasteiger partial charge in [-0.15, -0.1) is 0 Å². The van der Waals surface area contributed by atoms with Crippen molar-refractivity contribution in [1.29, 1.82) is 0 Å². The highest BCUT2D eigenvalue weighted by Gasteiger charge is 2.20. The van der Waals surface area contributed by atoms with Gasteiger partial charge in [-0.25, -0.2) is 0 Å². The summed E-state index contributed by atoms with van der Waals surface area (Å²) >= 11 is 0. The molecule has 0 fully saturated rings. The van der Waals surface area contributed by atoms with Crippen LogP contribution in [0.25, 0.3) is 0 Å². The maximum absolute atomic E-state index is 12.9. The number of pyridine rings is 1. The van der Waals surface area contributed by atoms with Crippen molar-refractivity contribution in [3.8, 4) is 0 Å². The van der Waals surface area contributed by atoms with Gasteiger partial charge in [0.25, 0.3) is 5.91 Å². The predicted octanol–water partition coefficient (Wildman–Crippen LogP) is 4.83. The van der Waals surface area contributed by atoms with Crippen LogP contribution in [0.2, 0.25) is 0 Å². The predicted molar refractivity (Wildman–Crippen MR) is 138 cm³/mol. The maximum atomic E-state index is 12.9. The number of carbonyl (C=O) groups is 2. The smallest absolute Gasteiger partial charge is 0.251 e. The lowest BCUT2D eigenvalue weighted by molar-refractivity contribution is -0.116. The van der Waals surface area contributed by atoms with E-state index < -0.39 is 0 Å². The Labute approximate surface area is 204 Å². The van der Waals surface area contributed by atoms with Crippen molar-refractivity contribution in [1.82, 2.24) is 15.2 Å². The molecule has 184 valence electrons. The minimum absolute atomic E-state index is 0.0567. The highest BCUT2D eigenvalue weighted by molar-refractivity contribution is 5.97. The molecular formula is C28H40N4O2. The lowest BCUT2D eigenvalue weighted by atomic mass is 10.0. The fraction of sp³-hybridized carbons (Fsp3) is 0.536. The van der Waals surface area contributed by atoms with Gasteiger partial charge < -0.3 is 10.2 Å². The summed E-state index contributed by atoms with van der Waals surface area (Å²) in [5.74, 6) is 0.522. The van der Waals surface area contributed by atoms with Gasteiger partial charge in [-0.3, -0.25) is 19.5 Å². The number of carbonyl (C=O) groups excluding carboxylic acids is 2. The van der Waals surface area contributed by atoms with Crippen molar-refractivity contribution in [2.45, 2.75) is 65.8 Å². The Morgan fingerprint density at radius 3 is 2.50 bits per heavy atom. The van der Waals surface area contributed by atoms with E-state index in [2.05, 4.69) is 29.0 Å². The van der Waals surface area contributed by atoms with Gasteiger partial charge in [0.1, 0.15) is 0 Å². The first-order valence-electron chi connectivity index (χ1n) is 12.8. The molecule has 0 radical (unpaired) electrons. The first-order valence-corrected chi connectivity index (χ1v) is 12.8. The molecule has 34 heavy (non-hydrogen) atoms. The number of aromatic nitrogens is 1. The molecular weight excluding hydrogens is 424 g/mol. The summed E-state index contributed by atoms with van der Waals surface area (Å²) in [4.78, 5) is 34.2. The number of amides is 2. The monoisotopic (exact) mass is 464 g/mol. The van der Waals surface area contributed by atoms with Gasteiger partial charge in [0.05, 0.1) is 0 Å². The number of hydrogen-bond donors (Lipinski definition) is 1. The van der Waals surface area contributed by atoms with Crippen LogP contribution in [0, 0.1) is 5.92 Å². The molecule has 2 heterocycles. The lowest BCUT2D eigenvalue weighted by Gasteiger charge is -2.30. The number of rotatable bonds is 6. The quantitative estimate of drug-likeness (QED) is 0.665. The van der Waals surface area contributed by atoms with Crippen LogP contribution in [0.15, 0.2) is 42.6 Å². The summed E-state index contributed by atoms with van der Waals surface area (Å²) in [5, 5.41) is 3.03. The number of benzene rings is 1. The number of anilines is 1. The van der Waals surface area contributed by atoms with Gasteiger partial charge in [-0.05, 0) is 61.2 Å². The first kappa shape index (κ1) is 25.9. The van der Waals surface area contributed by atoms with Crippen LogP contribution in [0.1, 0.15) is 74.5 Å². The van der Waals surface area contributed by atoms with E-state index in [-0.39, 0.29) is 11.8 Å². The van der Waals surface area contributed by atoms with E-state index in [1.54, 1.807) is 13.1 Å². The minimum Gasteiger partial charge on any atom is -0.352 e. The average Bonchev–Trinajstić information content (AvgIpc) is 2.80. The molecule has 1 aromatic carbocycles. The van der Waals surface area contributed by atoms with Crippen LogP contribution in [0.3, 0.4) is 0 Å². The van der Waals surface area contributed by atoms with E-state index in [1.165, 1.54) is 19.3 Å². The second-order valence-corrected chi connectivity index (χ2v) is 9.74. The molecule has 0 atom stereocenters. The van der Waals surface area contributed by atoms with Crippen LogP contribution in [-0.4, -0.2) is 47.9 Å². The molecule has 6 heteroatoms. The van der Waals surface area contributed by atoms with Gasteiger partial charge in [-0.2, -0.15) is 0 Å². The molecule has 6 nitrogen and oxygen atoms in total. The molecule has 1 N–H and O–H groups in total. The molecule has 0 saturated heterocycles. The molecule has 2 aromatic rings. The third kappa shape index (κ3) is 7.94. The fourth-order valence-corrected chi connectivity index (χ4v) is 4.64. The van der Waals surface area contributed by atoms with Crippen molar-refractivity contribution in [2.24, 2.45) is 5.92 Å². The molecule has 0 aliphatic carbocycles. The van der Waals surface area contributed by atoms with E-state index in [0.29, 0.717) is 24.4 Å². The highest BCUT2D eigenvalue weighted by Crippen LogP contribution is 2.26. The normalized spacial score (nSPS) is 15.8. The van der Waals surface area contributed by atoms with Gasteiger partial charge in [-0.1, -0.05) is 39.2 Å². The third-order valence-electron chi connectivity index (χ3n) is 6.28. The van der Waals surface area contributed by atoms with E-state index in [4.69, 9.17) is 0 Å². The van der Waals surface area contributed by atoms with E-state index in [1.807, 2.05) is 41.3 Å². The van der Waals surface area contributed by atoms with Crippen LogP contribution >= 0.6 is 0 Å². The van der Waals surface area contributed by atoms with Crippen molar-refractivity contribution in [3.63, 3.8) is 0 Å². The Hall–Kier alpha value is -2.73. The molecule has 0 spiro atoms. The summed E-state index contributed by atoms with van der Waals surface area (Å²) < 4.78 is 0. The molecule has 2 amide bonds. The summed E-state index contributed by atoms with van der Waals surface area (Å²) in [6, 6.07) is 11.6. The highest BCUT2D eigenvalue weighted by atomic mass is 16.2. The largest absolute Gasteiger partial charge is 0.352 e. The lowest BCUT2D eigenvalue weighted by Crippen LogP contribution is -2.34.